The molecule has 3 aliphatic carbocycles. The number of hydrogen-bond donors (Lipinski definition) is 1. The highest BCUT2D eigenvalue weighted by molar-refractivity contribution is 5.74. The SMILES string of the molecule is COC(=O)[C@H]1/C=C/[C@@]2(O)[C@@H]3CCC[C@H]2/C(=C/CC/C(C)=C/C1)C3. The van der Waals surface area contributed by atoms with Gasteiger partial charge in [0.2, 0.25) is 0 Å². The van der Waals surface area contributed by atoms with Crippen LogP contribution in [-0.4, -0.2) is 23.8 Å². The first-order valence-electron chi connectivity index (χ1n) is 8.88. The first-order valence-corrected chi connectivity index (χ1v) is 8.88. The van der Waals surface area contributed by atoms with Gasteiger partial charge < -0.3 is 9.84 Å². The van der Waals surface area contributed by atoms with Crippen molar-refractivity contribution in [1.82, 2.24) is 0 Å². The first-order chi connectivity index (χ1) is 11.0. The summed E-state index contributed by atoms with van der Waals surface area (Å²) in [5.41, 5.74) is 1.98. The van der Waals surface area contributed by atoms with Crippen LogP contribution in [-0.2, 0) is 9.53 Å². The highest BCUT2D eigenvalue weighted by Gasteiger charge is 2.51. The normalized spacial score (nSPS) is 43.2. The zero-order chi connectivity index (χ0) is 16.4. The standard InChI is InChI=1S/C20H28O3/c1-14-5-3-6-16-13-17-7-4-8-18(16)20(17,22)12-11-15(10-9-14)19(21)23-2/h6,9,11-12,15,17-18,22H,3-5,7-8,10,13H2,1-2H3/b12-11+,14-9+,16-6+/t15-,17-,18+,20-/m1/s1. The van der Waals surface area contributed by atoms with Crippen molar-refractivity contribution in [3.05, 3.63) is 35.5 Å². The number of ether oxygens (including phenoxy) is 1. The van der Waals surface area contributed by atoms with Crippen LogP contribution in [0.15, 0.2) is 35.5 Å². The van der Waals surface area contributed by atoms with E-state index >= 15 is 0 Å². The number of allylic oxidation sites excluding steroid dienone is 3. The van der Waals surface area contributed by atoms with Crippen molar-refractivity contribution in [1.29, 1.82) is 0 Å². The van der Waals surface area contributed by atoms with Gasteiger partial charge >= 0.3 is 5.97 Å². The Balaban J connectivity index is 1.96. The van der Waals surface area contributed by atoms with E-state index < -0.39 is 5.60 Å². The Bertz CT molecular complexity index is 557. The largest absolute Gasteiger partial charge is 0.469 e. The number of esters is 1. The van der Waals surface area contributed by atoms with Crippen molar-refractivity contribution in [2.24, 2.45) is 17.8 Å². The molecule has 0 aromatic carbocycles. The van der Waals surface area contributed by atoms with Crippen LogP contribution in [0.4, 0.5) is 0 Å². The van der Waals surface area contributed by atoms with Gasteiger partial charge in [-0.1, -0.05) is 41.9 Å². The Morgan fingerprint density at radius 1 is 1.35 bits per heavy atom. The molecule has 0 amide bonds. The summed E-state index contributed by atoms with van der Waals surface area (Å²) in [6, 6.07) is 0. The third kappa shape index (κ3) is 3.16. The highest BCUT2D eigenvalue weighted by atomic mass is 16.5. The zero-order valence-corrected chi connectivity index (χ0v) is 14.3. The number of hydrogen-bond acceptors (Lipinski definition) is 3. The van der Waals surface area contributed by atoms with Crippen molar-refractivity contribution < 1.29 is 14.6 Å². The fourth-order valence-electron chi connectivity index (χ4n) is 4.56. The predicted molar refractivity (Wildman–Crippen MR) is 90.7 cm³/mol. The van der Waals surface area contributed by atoms with E-state index in [-0.39, 0.29) is 17.8 Å². The van der Waals surface area contributed by atoms with Crippen LogP contribution >= 0.6 is 0 Å². The van der Waals surface area contributed by atoms with Crippen LogP contribution in [0, 0.1) is 17.8 Å². The molecule has 1 N–H and O–H groups in total. The molecule has 2 fully saturated rings. The minimum absolute atomic E-state index is 0.218. The molecule has 2 saturated carbocycles. The van der Waals surface area contributed by atoms with Gasteiger partial charge in [0.1, 0.15) is 0 Å². The van der Waals surface area contributed by atoms with Crippen LogP contribution in [0.2, 0.25) is 0 Å². The molecule has 0 unspecified atom stereocenters. The fraction of sp³-hybridized carbons (Fsp3) is 0.650. The van der Waals surface area contributed by atoms with E-state index in [1.165, 1.54) is 24.7 Å². The van der Waals surface area contributed by atoms with Crippen LogP contribution in [0.5, 0.6) is 0 Å². The number of aliphatic hydroxyl groups is 1. The lowest BCUT2D eigenvalue weighted by molar-refractivity contribution is -0.143. The van der Waals surface area contributed by atoms with E-state index in [9.17, 15) is 9.90 Å². The molecule has 3 heteroatoms. The lowest BCUT2D eigenvalue weighted by atomic mass is 9.73. The third-order valence-corrected chi connectivity index (χ3v) is 5.95. The van der Waals surface area contributed by atoms with Crippen LogP contribution in [0.3, 0.4) is 0 Å². The summed E-state index contributed by atoms with van der Waals surface area (Å²) in [6.45, 7) is 2.13. The average molecular weight is 316 g/mol. The average Bonchev–Trinajstić information content (AvgIpc) is 2.68. The van der Waals surface area contributed by atoms with Gasteiger partial charge in [0, 0.05) is 5.92 Å². The molecule has 4 atom stereocenters. The molecule has 0 aromatic rings. The summed E-state index contributed by atoms with van der Waals surface area (Å²) in [7, 11) is 1.43. The Morgan fingerprint density at radius 2 is 2.17 bits per heavy atom. The van der Waals surface area contributed by atoms with Crippen molar-refractivity contribution in [3.63, 3.8) is 0 Å². The van der Waals surface area contributed by atoms with E-state index in [1.54, 1.807) is 0 Å². The quantitative estimate of drug-likeness (QED) is 0.589. The molecule has 0 aliphatic heterocycles. The molecular formula is C20H28O3. The molecule has 3 rings (SSSR count). The van der Waals surface area contributed by atoms with Crippen molar-refractivity contribution in [3.8, 4) is 0 Å². The van der Waals surface area contributed by atoms with Gasteiger partial charge in [-0.25, -0.2) is 0 Å². The zero-order valence-electron chi connectivity index (χ0n) is 14.3. The second-order valence-corrected chi connectivity index (χ2v) is 7.36. The van der Waals surface area contributed by atoms with Gasteiger partial charge in [-0.05, 0) is 51.4 Å². The lowest BCUT2D eigenvalue weighted by Crippen LogP contribution is -2.41. The Morgan fingerprint density at radius 3 is 2.96 bits per heavy atom. The summed E-state index contributed by atoms with van der Waals surface area (Å²) >= 11 is 0. The minimum atomic E-state index is -0.770. The van der Waals surface area contributed by atoms with E-state index in [2.05, 4.69) is 19.1 Å². The summed E-state index contributed by atoms with van der Waals surface area (Å²) in [4.78, 5) is 12.1. The second-order valence-electron chi connectivity index (χ2n) is 7.36. The van der Waals surface area contributed by atoms with Gasteiger partial charge in [-0.2, -0.15) is 0 Å². The molecule has 126 valence electrons. The summed E-state index contributed by atoms with van der Waals surface area (Å²) in [6.07, 6.45) is 15.4. The number of carbonyl (C=O) groups is 1. The molecule has 0 aromatic heterocycles. The van der Waals surface area contributed by atoms with Gasteiger partial charge in [0.15, 0.2) is 0 Å². The van der Waals surface area contributed by atoms with Gasteiger partial charge in [-0.3, -0.25) is 4.79 Å². The molecule has 0 radical (unpaired) electrons. The topological polar surface area (TPSA) is 46.5 Å². The van der Waals surface area contributed by atoms with Crippen molar-refractivity contribution in [2.45, 2.75) is 57.5 Å². The van der Waals surface area contributed by atoms with E-state index in [4.69, 9.17) is 4.74 Å². The van der Waals surface area contributed by atoms with Crippen LogP contribution in [0.25, 0.3) is 0 Å². The molecule has 0 heterocycles. The third-order valence-electron chi connectivity index (χ3n) is 5.95. The Labute approximate surface area is 139 Å². The van der Waals surface area contributed by atoms with Crippen molar-refractivity contribution in [2.75, 3.05) is 7.11 Å². The second kappa shape index (κ2) is 6.64. The maximum Gasteiger partial charge on any atom is 0.312 e. The Hall–Kier alpha value is -1.35. The number of rotatable bonds is 1. The molecule has 3 aliphatic rings. The lowest BCUT2D eigenvalue weighted by Gasteiger charge is -2.37. The Kier molecular flexibility index (Phi) is 4.77. The molecule has 0 spiro atoms. The van der Waals surface area contributed by atoms with Gasteiger partial charge in [0.25, 0.3) is 0 Å². The molecule has 0 saturated heterocycles. The monoisotopic (exact) mass is 316 g/mol. The van der Waals surface area contributed by atoms with Gasteiger partial charge in [0.05, 0.1) is 18.6 Å². The van der Waals surface area contributed by atoms with Crippen molar-refractivity contribution >= 4 is 5.97 Å². The van der Waals surface area contributed by atoms with E-state index in [1.807, 2.05) is 12.2 Å². The minimum Gasteiger partial charge on any atom is -0.469 e. The first kappa shape index (κ1) is 16.5. The summed E-state index contributed by atoms with van der Waals surface area (Å²) in [5.74, 6) is 0.0217. The highest BCUT2D eigenvalue weighted by Crippen LogP contribution is 2.53. The maximum absolute atomic E-state index is 12.1. The number of carbonyl (C=O) groups excluding carboxylic acids is 1. The molecule has 3 nitrogen and oxygen atoms in total. The molecule has 23 heavy (non-hydrogen) atoms. The van der Waals surface area contributed by atoms with Crippen LogP contribution < -0.4 is 0 Å². The van der Waals surface area contributed by atoms with Gasteiger partial charge in [-0.15, -0.1) is 0 Å². The summed E-state index contributed by atoms with van der Waals surface area (Å²) in [5, 5.41) is 11.3. The van der Waals surface area contributed by atoms with Crippen LogP contribution in [0.1, 0.15) is 51.9 Å². The summed E-state index contributed by atoms with van der Waals surface area (Å²) < 4.78 is 4.94. The fourth-order valence-corrected chi connectivity index (χ4v) is 4.56. The van der Waals surface area contributed by atoms with E-state index in [0.29, 0.717) is 12.3 Å². The smallest absolute Gasteiger partial charge is 0.312 e. The predicted octanol–water partition coefficient (Wildman–Crippen LogP) is 3.94. The number of methoxy groups -OCH3 is 1. The maximum atomic E-state index is 12.1. The molecular weight excluding hydrogens is 288 g/mol. The van der Waals surface area contributed by atoms with E-state index in [0.717, 1.165) is 32.1 Å². The molecule has 4 bridgehead atoms.